The van der Waals surface area contributed by atoms with E-state index in [9.17, 15) is 14.2 Å². The Balaban J connectivity index is 2.35. The average Bonchev–Trinajstić information content (AvgIpc) is 2.74. The van der Waals surface area contributed by atoms with E-state index in [2.05, 4.69) is 6.92 Å². The summed E-state index contributed by atoms with van der Waals surface area (Å²) in [6.07, 6.45) is 2.81. The minimum absolute atomic E-state index is 0.0196. The number of hydrogen-bond acceptors (Lipinski definition) is 4. The molecule has 0 aliphatic rings. The molecule has 2 aromatic carbocycles. The molecule has 0 saturated carbocycles. The monoisotopic (exact) mass is 428 g/mol. The maximum Gasteiger partial charge on any atom is 0.306 e. The van der Waals surface area contributed by atoms with Crippen LogP contribution in [0.1, 0.15) is 65.2 Å². The van der Waals surface area contributed by atoms with Crippen LogP contribution in [0.5, 0.6) is 0 Å². The lowest BCUT2D eigenvalue weighted by Crippen LogP contribution is -2.20. The van der Waals surface area contributed by atoms with Crippen LogP contribution in [0.25, 0.3) is 0 Å². The van der Waals surface area contributed by atoms with Gasteiger partial charge in [-0.15, -0.1) is 0 Å². The molecule has 0 spiro atoms. The molecule has 5 heteroatoms. The van der Waals surface area contributed by atoms with Crippen molar-refractivity contribution in [3.63, 3.8) is 0 Å². The van der Waals surface area contributed by atoms with Gasteiger partial charge in [-0.05, 0) is 56.4 Å². The van der Waals surface area contributed by atoms with Gasteiger partial charge in [0.25, 0.3) is 0 Å². The van der Waals surface area contributed by atoms with Crippen LogP contribution in [0, 0.1) is 27.7 Å². The molecule has 0 heterocycles. The number of carbonyl (C=O) groups is 2. The second-order valence-corrected chi connectivity index (χ2v) is 10.8. The molecule has 0 aromatic heterocycles. The zero-order valence-corrected chi connectivity index (χ0v) is 19.7. The topological polar surface area (TPSA) is 60.4 Å². The Bertz CT molecular complexity index is 947. The van der Waals surface area contributed by atoms with Crippen molar-refractivity contribution in [3.05, 3.63) is 64.2 Å². The van der Waals surface area contributed by atoms with E-state index in [-0.39, 0.29) is 18.1 Å². The summed E-state index contributed by atoms with van der Waals surface area (Å²) in [4.78, 5) is 25.9. The van der Waals surface area contributed by atoms with Crippen molar-refractivity contribution in [1.29, 1.82) is 0 Å². The minimum atomic E-state index is -3.51. The third kappa shape index (κ3) is 5.49. The summed E-state index contributed by atoms with van der Waals surface area (Å²) >= 11 is 0. The fourth-order valence-corrected chi connectivity index (χ4v) is 6.22. The number of carbonyl (C=O) groups excluding carboxylic acids is 2. The van der Waals surface area contributed by atoms with Gasteiger partial charge in [0.05, 0.1) is 13.0 Å². The highest BCUT2D eigenvalue weighted by atomic mass is 31.2. The maximum atomic E-state index is 14.1. The van der Waals surface area contributed by atoms with Gasteiger partial charge in [-0.3, -0.25) is 9.59 Å². The van der Waals surface area contributed by atoms with Crippen molar-refractivity contribution in [1.82, 2.24) is 0 Å². The summed E-state index contributed by atoms with van der Waals surface area (Å²) < 4.78 is 19.4. The molecule has 0 radical (unpaired) electrons. The Kier molecular flexibility index (Phi) is 8.61. The standard InChI is InChI=1S/C25H33O4P/c1-6-7-11-15-29-23(26)14-16-30(28,22-12-9-8-10-13-22)25(27)24-19(3)17-18(2)20(4)21(24)5/h8-10,12-13,17H,6-7,11,14-16H2,1-5H3. The molecule has 2 aromatic rings. The van der Waals surface area contributed by atoms with Gasteiger partial charge < -0.3 is 9.30 Å². The normalized spacial score (nSPS) is 13.0. The molecule has 0 fully saturated rings. The maximum absolute atomic E-state index is 14.1. The molecule has 1 unspecified atom stereocenters. The zero-order chi connectivity index (χ0) is 22.3. The number of hydrogen-bond donors (Lipinski definition) is 0. The van der Waals surface area contributed by atoms with Crippen LogP contribution in [0.15, 0.2) is 36.4 Å². The van der Waals surface area contributed by atoms with E-state index in [1.165, 1.54) is 0 Å². The first-order valence-corrected chi connectivity index (χ1v) is 12.5. The molecule has 0 saturated heterocycles. The second-order valence-electron chi connectivity index (χ2n) is 7.92. The lowest BCUT2D eigenvalue weighted by molar-refractivity contribution is -0.143. The second kappa shape index (κ2) is 10.7. The first-order valence-electron chi connectivity index (χ1n) is 10.6. The molecule has 0 aliphatic heterocycles. The molecular formula is C25H33O4P. The van der Waals surface area contributed by atoms with Crippen LogP contribution in [0.3, 0.4) is 0 Å². The van der Waals surface area contributed by atoms with Gasteiger partial charge in [0.2, 0.25) is 5.52 Å². The highest BCUT2D eigenvalue weighted by Crippen LogP contribution is 2.49. The minimum Gasteiger partial charge on any atom is -0.466 e. The van der Waals surface area contributed by atoms with Crippen molar-refractivity contribution in [2.45, 2.75) is 60.3 Å². The highest BCUT2D eigenvalue weighted by molar-refractivity contribution is 7.87. The Morgan fingerprint density at radius 2 is 1.60 bits per heavy atom. The van der Waals surface area contributed by atoms with Crippen LogP contribution in [-0.2, 0) is 14.1 Å². The number of esters is 1. The van der Waals surface area contributed by atoms with Crippen molar-refractivity contribution < 1.29 is 18.9 Å². The Labute approximate surface area is 180 Å². The molecule has 0 N–H and O–H groups in total. The number of ether oxygens (including phenoxy) is 1. The quantitative estimate of drug-likeness (QED) is 0.270. The highest BCUT2D eigenvalue weighted by Gasteiger charge is 2.37. The van der Waals surface area contributed by atoms with Gasteiger partial charge in [0, 0.05) is 17.0 Å². The average molecular weight is 429 g/mol. The van der Waals surface area contributed by atoms with E-state index >= 15 is 0 Å². The van der Waals surface area contributed by atoms with Crippen LogP contribution in [-0.4, -0.2) is 24.3 Å². The molecule has 0 amide bonds. The van der Waals surface area contributed by atoms with Gasteiger partial charge in [-0.2, -0.15) is 0 Å². The summed E-state index contributed by atoms with van der Waals surface area (Å²) in [5.74, 6) is -0.399. The summed E-state index contributed by atoms with van der Waals surface area (Å²) in [6, 6.07) is 10.8. The molecule has 1 atom stereocenters. The number of benzene rings is 2. The molecule has 0 aliphatic carbocycles. The number of rotatable bonds is 10. The summed E-state index contributed by atoms with van der Waals surface area (Å²) in [5.41, 5.74) is 3.95. The molecule has 162 valence electrons. The fourth-order valence-electron chi connectivity index (χ4n) is 3.67. The zero-order valence-electron chi connectivity index (χ0n) is 18.8. The largest absolute Gasteiger partial charge is 0.466 e. The molecule has 0 bridgehead atoms. The van der Waals surface area contributed by atoms with Crippen molar-refractivity contribution >= 4 is 23.9 Å². The van der Waals surface area contributed by atoms with Crippen LogP contribution in [0.2, 0.25) is 0 Å². The van der Waals surface area contributed by atoms with Crippen molar-refractivity contribution in [3.8, 4) is 0 Å². The third-order valence-corrected chi connectivity index (χ3v) is 8.58. The third-order valence-electron chi connectivity index (χ3n) is 5.71. The first kappa shape index (κ1) is 24.1. The predicted octanol–water partition coefficient (Wildman–Crippen LogP) is 5.87. The van der Waals surface area contributed by atoms with E-state index in [1.54, 1.807) is 24.3 Å². The molecular weight excluding hydrogens is 395 g/mol. The van der Waals surface area contributed by atoms with Gasteiger partial charge in [0.15, 0.2) is 7.14 Å². The predicted molar refractivity (Wildman–Crippen MR) is 123 cm³/mol. The van der Waals surface area contributed by atoms with Crippen LogP contribution < -0.4 is 5.30 Å². The van der Waals surface area contributed by atoms with Crippen molar-refractivity contribution in [2.24, 2.45) is 0 Å². The van der Waals surface area contributed by atoms with Gasteiger partial charge in [0.1, 0.15) is 0 Å². The van der Waals surface area contributed by atoms with E-state index in [0.29, 0.717) is 17.5 Å². The van der Waals surface area contributed by atoms with Gasteiger partial charge in [-0.25, -0.2) is 0 Å². The van der Waals surface area contributed by atoms with Crippen LogP contribution in [0.4, 0.5) is 0 Å². The van der Waals surface area contributed by atoms with Crippen molar-refractivity contribution in [2.75, 3.05) is 12.8 Å². The summed E-state index contributed by atoms with van der Waals surface area (Å²) in [5, 5.41) is 0.491. The lowest BCUT2D eigenvalue weighted by Gasteiger charge is -2.21. The van der Waals surface area contributed by atoms with E-state index < -0.39 is 13.1 Å². The molecule has 4 nitrogen and oxygen atoms in total. The molecule has 30 heavy (non-hydrogen) atoms. The smallest absolute Gasteiger partial charge is 0.306 e. The Morgan fingerprint density at radius 3 is 2.23 bits per heavy atom. The fraction of sp³-hybridized carbons (Fsp3) is 0.440. The number of unbranched alkanes of at least 4 members (excludes halogenated alkanes) is 2. The van der Waals surface area contributed by atoms with Crippen LogP contribution >= 0.6 is 7.14 Å². The van der Waals surface area contributed by atoms with E-state index in [0.717, 1.165) is 41.5 Å². The first-order chi connectivity index (χ1) is 14.2. The van der Waals surface area contributed by atoms with Gasteiger partial charge in [-0.1, -0.05) is 56.2 Å². The van der Waals surface area contributed by atoms with Gasteiger partial charge >= 0.3 is 5.97 Å². The van der Waals surface area contributed by atoms with E-state index in [1.807, 2.05) is 39.8 Å². The summed E-state index contributed by atoms with van der Waals surface area (Å²) in [7, 11) is -3.51. The number of aryl methyl sites for hydroxylation is 2. The Hall–Kier alpha value is -2.19. The summed E-state index contributed by atoms with van der Waals surface area (Å²) in [6.45, 7) is 10.2. The molecule has 2 rings (SSSR count). The van der Waals surface area contributed by atoms with E-state index in [4.69, 9.17) is 4.74 Å². The SMILES string of the molecule is CCCCCOC(=O)CCP(=O)(C(=O)c1c(C)cc(C)c(C)c1C)c1ccccc1. The lowest BCUT2D eigenvalue weighted by atomic mass is 9.95. The Morgan fingerprint density at radius 1 is 0.933 bits per heavy atom.